The summed E-state index contributed by atoms with van der Waals surface area (Å²) in [5.74, 6) is 0. The van der Waals surface area contributed by atoms with E-state index in [4.69, 9.17) is 0 Å². The zero-order valence-electron chi connectivity index (χ0n) is 7.88. The molecule has 1 aromatic rings. The molecule has 0 spiro atoms. The maximum absolute atomic E-state index is 12.5. The molecule has 11 heteroatoms. The first-order chi connectivity index (χ1) is 7.66. The molecule has 0 atom stereocenters. The lowest BCUT2D eigenvalue weighted by atomic mass is 10.2. The van der Waals surface area contributed by atoms with Gasteiger partial charge in [-0.25, -0.2) is 22.3 Å². The fourth-order valence-corrected chi connectivity index (χ4v) is 1.80. The minimum Gasteiger partial charge on any atom is -0.327 e. The first kappa shape index (κ1) is 13.2. The molecular weight excluding hydrogens is 264 g/mol. The number of alkyl halides is 2. The Balaban J connectivity index is 3.85. The Morgan fingerprint density at radius 1 is 1.47 bits per heavy atom. The van der Waals surface area contributed by atoms with Crippen molar-refractivity contribution in [3.63, 3.8) is 0 Å². The standard InChI is InChI=1S/C6H5F2N3O5S/c7-5(8)3-4(11(13)14)2(17(9,15)16)1-10-6(3)12/h1,5H,(H,10,12)(H2,9,15,16). The van der Waals surface area contributed by atoms with Gasteiger partial charge in [-0.1, -0.05) is 0 Å². The average Bonchev–Trinajstić information content (AvgIpc) is 2.14. The number of halogens is 2. The van der Waals surface area contributed by atoms with Crippen LogP contribution in [0.3, 0.4) is 0 Å². The molecule has 0 aliphatic carbocycles. The molecule has 1 rings (SSSR count). The number of hydrogen-bond donors (Lipinski definition) is 2. The van der Waals surface area contributed by atoms with Gasteiger partial charge in [0.1, 0.15) is 0 Å². The van der Waals surface area contributed by atoms with Crippen LogP contribution in [0.2, 0.25) is 0 Å². The van der Waals surface area contributed by atoms with E-state index in [2.05, 4.69) is 5.14 Å². The highest BCUT2D eigenvalue weighted by Crippen LogP contribution is 2.30. The topological polar surface area (TPSA) is 136 Å². The number of sulfonamides is 1. The van der Waals surface area contributed by atoms with Gasteiger partial charge in [-0.15, -0.1) is 0 Å². The Kier molecular flexibility index (Phi) is 3.24. The summed E-state index contributed by atoms with van der Waals surface area (Å²) in [6.45, 7) is 0. The van der Waals surface area contributed by atoms with Crippen molar-refractivity contribution in [2.45, 2.75) is 11.3 Å². The molecule has 0 saturated carbocycles. The quantitative estimate of drug-likeness (QED) is 0.581. The lowest BCUT2D eigenvalue weighted by Gasteiger charge is -2.04. The fourth-order valence-electron chi connectivity index (χ4n) is 1.13. The predicted molar refractivity (Wildman–Crippen MR) is 50.0 cm³/mol. The van der Waals surface area contributed by atoms with E-state index >= 15 is 0 Å². The number of hydrogen-bond acceptors (Lipinski definition) is 5. The van der Waals surface area contributed by atoms with Crippen LogP contribution in [-0.2, 0) is 10.0 Å². The Labute approximate surface area is 92.3 Å². The smallest absolute Gasteiger partial charge is 0.305 e. The first-order valence-corrected chi connectivity index (χ1v) is 5.41. The van der Waals surface area contributed by atoms with Crippen LogP contribution >= 0.6 is 0 Å². The van der Waals surface area contributed by atoms with Crippen LogP contribution in [0.4, 0.5) is 14.5 Å². The van der Waals surface area contributed by atoms with Gasteiger partial charge < -0.3 is 4.98 Å². The third-order valence-electron chi connectivity index (χ3n) is 1.77. The van der Waals surface area contributed by atoms with Crippen LogP contribution in [0.25, 0.3) is 0 Å². The van der Waals surface area contributed by atoms with Crippen molar-refractivity contribution in [1.29, 1.82) is 0 Å². The number of primary sulfonamides is 1. The summed E-state index contributed by atoms with van der Waals surface area (Å²) in [6, 6.07) is 0. The SMILES string of the molecule is NS(=O)(=O)c1c[nH]c(=O)c(C(F)F)c1[N+](=O)[O-]. The number of aromatic amines is 1. The number of nitrogens with zero attached hydrogens (tertiary/aromatic N) is 1. The number of nitrogens with two attached hydrogens (primary N) is 1. The molecule has 1 aromatic heterocycles. The van der Waals surface area contributed by atoms with Crippen LogP contribution < -0.4 is 10.7 Å². The Morgan fingerprint density at radius 3 is 2.35 bits per heavy atom. The number of rotatable bonds is 3. The minimum absolute atomic E-state index is 0.404. The summed E-state index contributed by atoms with van der Waals surface area (Å²) in [5, 5.41) is 15.2. The van der Waals surface area contributed by atoms with Gasteiger partial charge in [-0.2, -0.15) is 0 Å². The molecule has 17 heavy (non-hydrogen) atoms. The largest absolute Gasteiger partial charge is 0.327 e. The van der Waals surface area contributed by atoms with Gasteiger partial charge in [-0.05, 0) is 0 Å². The predicted octanol–water partition coefficient (Wildman–Crippen LogP) is -0.132. The Hall–Kier alpha value is -1.88. The zero-order chi connectivity index (χ0) is 13.4. The summed E-state index contributed by atoms with van der Waals surface area (Å²) in [7, 11) is -4.60. The lowest BCUT2D eigenvalue weighted by Crippen LogP contribution is -2.22. The van der Waals surface area contributed by atoms with Crippen molar-refractivity contribution >= 4 is 15.7 Å². The maximum Gasteiger partial charge on any atom is 0.305 e. The van der Waals surface area contributed by atoms with E-state index in [1.807, 2.05) is 0 Å². The van der Waals surface area contributed by atoms with E-state index in [-0.39, 0.29) is 0 Å². The van der Waals surface area contributed by atoms with Gasteiger partial charge in [0.15, 0.2) is 10.5 Å². The molecule has 0 aliphatic heterocycles. The number of nitrogens with one attached hydrogen (secondary N) is 1. The van der Waals surface area contributed by atoms with Gasteiger partial charge in [0.2, 0.25) is 10.0 Å². The molecule has 0 aromatic carbocycles. The Bertz CT molecular complexity index is 623. The van der Waals surface area contributed by atoms with Crippen LogP contribution in [0.1, 0.15) is 12.0 Å². The third kappa shape index (κ3) is 2.45. The second kappa shape index (κ2) is 4.18. The van der Waals surface area contributed by atoms with E-state index in [1.54, 1.807) is 4.98 Å². The molecule has 0 aliphatic rings. The van der Waals surface area contributed by atoms with Gasteiger partial charge in [0.05, 0.1) is 4.92 Å². The zero-order valence-corrected chi connectivity index (χ0v) is 8.70. The summed E-state index contributed by atoms with van der Waals surface area (Å²) in [5.41, 5.74) is -4.49. The summed E-state index contributed by atoms with van der Waals surface area (Å²) >= 11 is 0. The van der Waals surface area contributed by atoms with Crippen molar-refractivity contribution < 1.29 is 22.1 Å². The second-order valence-corrected chi connectivity index (χ2v) is 4.38. The van der Waals surface area contributed by atoms with Gasteiger partial charge in [0, 0.05) is 6.20 Å². The summed E-state index contributed by atoms with van der Waals surface area (Å²) < 4.78 is 46.8. The number of H-pyrrole nitrogens is 1. The molecule has 94 valence electrons. The molecule has 0 amide bonds. The van der Waals surface area contributed by atoms with Crippen LogP contribution in [0.5, 0.6) is 0 Å². The van der Waals surface area contributed by atoms with E-state index < -0.39 is 43.1 Å². The van der Waals surface area contributed by atoms with Crippen LogP contribution in [0, 0.1) is 10.1 Å². The van der Waals surface area contributed by atoms with Crippen molar-refractivity contribution in [1.82, 2.24) is 4.98 Å². The molecule has 3 N–H and O–H groups in total. The van der Waals surface area contributed by atoms with Gasteiger partial charge in [-0.3, -0.25) is 14.9 Å². The van der Waals surface area contributed by atoms with E-state index in [1.165, 1.54) is 0 Å². The fraction of sp³-hybridized carbons (Fsp3) is 0.167. The van der Waals surface area contributed by atoms with Crippen molar-refractivity contribution in [2.24, 2.45) is 5.14 Å². The van der Waals surface area contributed by atoms with E-state index in [0.717, 1.165) is 0 Å². The number of nitro groups is 1. The summed E-state index contributed by atoms with van der Waals surface area (Å²) in [6.07, 6.45) is -3.09. The number of pyridine rings is 1. The van der Waals surface area contributed by atoms with Gasteiger partial charge in [0.25, 0.3) is 12.0 Å². The Morgan fingerprint density at radius 2 is 2.00 bits per heavy atom. The highest BCUT2D eigenvalue weighted by molar-refractivity contribution is 7.89. The molecule has 0 saturated heterocycles. The van der Waals surface area contributed by atoms with Crippen LogP contribution in [-0.4, -0.2) is 18.3 Å². The summed E-state index contributed by atoms with van der Waals surface area (Å²) in [4.78, 5) is 20.6. The van der Waals surface area contributed by atoms with Crippen LogP contribution in [0.15, 0.2) is 15.9 Å². The van der Waals surface area contributed by atoms with Crippen molar-refractivity contribution in [3.05, 3.63) is 32.2 Å². The molecule has 1 heterocycles. The highest BCUT2D eigenvalue weighted by atomic mass is 32.2. The highest BCUT2D eigenvalue weighted by Gasteiger charge is 2.33. The van der Waals surface area contributed by atoms with Crippen molar-refractivity contribution in [2.75, 3.05) is 0 Å². The third-order valence-corrected chi connectivity index (χ3v) is 2.70. The molecule has 0 bridgehead atoms. The molecule has 0 radical (unpaired) electrons. The number of aromatic nitrogens is 1. The monoisotopic (exact) mass is 269 g/mol. The lowest BCUT2D eigenvalue weighted by molar-refractivity contribution is -0.389. The maximum atomic E-state index is 12.5. The minimum atomic E-state index is -4.60. The van der Waals surface area contributed by atoms with E-state index in [0.29, 0.717) is 6.20 Å². The van der Waals surface area contributed by atoms with Crippen molar-refractivity contribution in [3.8, 4) is 0 Å². The molecule has 8 nitrogen and oxygen atoms in total. The molecular formula is C6H5F2N3O5S. The molecule has 0 fully saturated rings. The second-order valence-electron chi connectivity index (χ2n) is 2.85. The normalized spacial score (nSPS) is 11.8. The molecule has 0 unspecified atom stereocenters. The first-order valence-electron chi connectivity index (χ1n) is 3.87. The van der Waals surface area contributed by atoms with E-state index in [9.17, 15) is 32.1 Å². The average molecular weight is 269 g/mol. The van der Waals surface area contributed by atoms with Gasteiger partial charge >= 0.3 is 5.69 Å².